The third-order valence-electron chi connectivity index (χ3n) is 4.99. The minimum absolute atomic E-state index is 0.0327. The number of amides is 4. The van der Waals surface area contributed by atoms with E-state index in [1.165, 1.54) is 0 Å². The summed E-state index contributed by atoms with van der Waals surface area (Å²) >= 11 is 3.95. The zero-order valence-electron chi connectivity index (χ0n) is 19.2. The summed E-state index contributed by atoms with van der Waals surface area (Å²) in [6.45, 7) is 3.34. The molecule has 1 aromatic rings. The lowest BCUT2D eigenvalue weighted by Crippen LogP contribution is -2.58. The number of carboxylic acid groups (broad SMARTS) is 1. The molecule has 0 aliphatic carbocycles. The molecule has 8 N–H and O–H groups in total. The zero-order valence-corrected chi connectivity index (χ0v) is 20.1. The van der Waals surface area contributed by atoms with Gasteiger partial charge < -0.3 is 32.5 Å². The smallest absolute Gasteiger partial charge is 0.326 e. The Bertz CT molecular complexity index is 867. The summed E-state index contributed by atoms with van der Waals surface area (Å²) < 4.78 is 0. The molecule has 4 atom stereocenters. The van der Waals surface area contributed by atoms with E-state index < -0.39 is 59.7 Å². The summed E-state index contributed by atoms with van der Waals surface area (Å²) in [4.78, 5) is 60.9. The molecule has 12 heteroatoms. The van der Waals surface area contributed by atoms with Gasteiger partial charge in [-0.1, -0.05) is 44.2 Å². The van der Waals surface area contributed by atoms with Crippen LogP contribution in [0, 0.1) is 5.92 Å². The van der Waals surface area contributed by atoms with Crippen molar-refractivity contribution in [3.05, 3.63) is 35.9 Å². The van der Waals surface area contributed by atoms with Gasteiger partial charge in [-0.2, -0.15) is 12.6 Å². The lowest BCUT2D eigenvalue weighted by Gasteiger charge is -2.27. The number of hydrogen-bond acceptors (Lipinski definition) is 7. The summed E-state index contributed by atoms with van der Waals surface area (Å²) in [6, 6.07) is 4.31. The van der Waals surface area contributed by atoms with Crippen molar-refractivity contribution in [3.63, 3.8) is 0 Å². The van der Waals surface area contributed by atoms with E-state index in [1.54, 1.807) is 44.2 Å². The highest BCUT2D eigenvalue weighted by atomic mass is 32.1. The molecule has 0 radical (unpaired) electrons. The SMILES string of the molecule is CC(C)C(NC(=O)C(CCC(N)=O)NC(=O)C(N)CS)C(=O)NC(Cc1ccccc1)C(=O)O. The fraction of sp³-hybridized carbons (Fsp3) is 0.500. The monoisotopic (exact) mass is 495 g/mol. The molecule has 1 aromatic carbocycles. The maximum absolute atomic E-state index is 12.9. The number of aliphatic carboxylic acids is 1. The summed E-state index contributed by atoms with van der Waals surface area (Å²) in [5, 5.41) is 17.0. The van der Waals surface area contributed by atoms with Crippen LogP contribution in [-0.2, 0) is 30.4 Å². The van der Waals surface area contributed by atoms with Crippen molar-refractivity contribution in [3.8, 4) is 0 Å². The van der Waals surface area contributed by atoms with E-state index in [0.29, 0.717) is 0 Å². The molecule has 0 aliphatic heterocycles. The Morgan fingerprint density at radius 2 is 1.53 bits per heavy atom. The second kappa shape index (κ2) is 14.2. The van der Waals surface area contributed by atoms with Crippen LogP contribution in [0.15, 0.2) is 30.3 Å². The molecule has 0 aliphatic rings. The van der Waals surface area contributed by atoms with Gasteiger partial charge >= 0.3 is 5.97 Å². The Labute approximate surface area is 203 Å². The van der Waals surface area contributed by atoms with Crippen LogP contribution in [0.4, 0.5) is 0 Å². The second-order valence-corrected chi connectivity index (χ2v) is 8.54. The van der Waals surface area contributed by atoms with Crippen LogP contribution in [0.25, 0.3) is 0 Å². The minimum Gasteiger partial charge on any atom is -0.480 e. The van der Waals surface area contributed by atoms with Crippen LogP contribution < -0.4 is 27.4 Å². The predicted octanol–water partition coefficient (Wildman–Crippen LogP) is -1.05. The van der Waals surface area contributed by atoms with E-state index >= 15 is 0 Å². The van der Waals surface area contributed by atoms with Gasteiger partial charge in [-0.15, -0.1) is 0 Å². The van der Waals surface area contributed by atoms with E-state index in [-0.39, 0.29) is 25.0 Å². The lowest BCUT2D eigenvalue weighted by atomic mass is 10.0. The molecule has 11 nitrogen and oxygen atoms in total. The van der Waals surface area contributed by atoms with E-state index in [0.717, 1.165) is 5.56 Å². The standard InChI is InChI=1S/C22H33N5O6S/c1-12(2)18(21(31)26-16(22(32)33)10-13-6-4-3-5-7-13)27-20(30)15(8-9-17(24)28)25-19(29)14(23)11-34/h3-7,12,14-16,18,34H,8-11,23H2,1-2H3,(H2,24,28)(H,25,29)(H,26,31)(H,27,30)(H,32,33). The van der Waals surface area contributed by atoms with Crippen molar-refractivity contribution in [2.75, 3.05) is 5.75 Å². The first kappa shape index (κ1) is 28.9. The number of carbonyl (C=O) groups excluding carboxylic acids is 4. The van der Waals surface area contributed by atoms with Crippen LogP contribution in [0.2, 0.25) is 0 Å². The number of carbonyl (C=O) groups is 5. The fourth-order valence-electron chi connectivity index (χ4n) is 3.02. The van der Waals surface area contributed by atoms with Gasteiger partial charge in [0, 0.05) is 18.6 Å². The number of primary amides is 1. The van der Waals surface area contributed by atoms with Gasteiger partial charge in [-0.3, -0.25) is 19.2 Å². The van der Waals surface area contributed by atoms with Crippen molar-refractivity contribution in [2.45, 2.75) is 57.3 Å². The van der Waals surface area contributed by atoms with Gasteiger partial charge in [0.05, 0.1) is 6.04 Å². The van der Waals surface area contributed by atoms with Crippen LogP contribution in [0.5, 0.6) is 0 Å². The van der Waals surface area contributed by atoms with E-state index in [9.17, 15) is 29.1 Å². The maximum atomic E-state index is 12.9. The molecule has 0 heterocycles. The highest BCUT2D eigenvalue weighted by Gasteiger charge is 2.32. The largest absolute Gasteiger partial charge is 0.480 e. The first-order valence-corrected chi connectivity index (χ1v) is 11.4. The molecule has 0 saturated carbocycles. The third kappa shape index (κ3) is 9.79. The molecule has 188 valence electrons. The van der Waals surface area contributed by atoms with Gasteiger partial charge in [0.1, 0.15) is 18.1 Å². The molecule has 0 saturated heterocycles. The molecule has 1 rings (SSSR count). The van der Waals surface area contributed by atoms with Crippen LogP contribution in [-0.4, -0.2) is 64.6 Å². The summed E-state index contributed by atoms with van der Waals surface area (Å²) in [5.74, 6) is -4.36. The summed E-state index contributed by atoms with van der Waals surface area (Å²) in [7, 11) is 0. The van der Waals surface area contributed by atoms with Crippen LogP contribution in [0.1, 0.15) is 32.3 Å². The Kier molecular flexibility index (Phi) is 12.1. The third-order valence-corrected chi connectivity index (χ3v) is 5.38. The molecule has 4 amide bonds. The number of rotatable bonds is 14. The maximum Gasteiger partial charge on any atom is 0.326 e. The molecule has 0 fully saturated rings. The van der Waals surface area contributed by atoms with Crippen LogP contribution in [0.3, 0.4) is 0 Å². The van der Waals surface area contributed by atoms with Crippen molar-refractivity contribution in [2.24, 2.45) is 17.4 Å². The predicted molar refractivity (Wildman–Crippen MR) is 129 cm³/mol. The Hall–Kier alpha value is -3.12. The molecular weight excluding hydrogens is 462 g/mol. The number of nitrogens with two attached hydrogens (primary N) is 2. The van der Waals surface area contributed by atoms with Gasteiger partial charge in [-0.25, -0.2) is 4.79 Å². The van der Waals surface area contributed by atoms with E-state index in [1.807, 2.05) is 0 Å². The Morgan fingerprint density at radius 1 is 0.941 bits per heavy atom. The normalized spacial score (nSPS) is 14.4. The first-order valence-electron chi connectivity index (χ1n) is 10.8. The molecule has 0 bridgehead atoms. The van der Waals surface area contributed by atoms with Crippen LogP contribution >= 0.6 is 12.6 Å². The summed E-state index contributed by atoms with van der Waals surface area (Å²) in [5.41, 5.74) is 11.5. The van der Waals surface area contributed by atoms with Crippen molar-refractivity contribution in [1.29, 1.82) is 0 Å². The molecular formula is C22H33N5O6S. The number of thiol groups is 1. The summed E-state index contributed by atoms with van der Waals surface area (Å²) in [6.07, 6.45) is -0.241. The Balaban J connectivity index is 2.96. The second-order valence-electron chi connectivity index (χ2n) is 8.17. The highest BCUT2D eigenvalue weighted by Crippen LogP contribution is 2.08. The van der Waals surface area contributed by atoms with Gasteiger partial charge in [0.2, 0.25) is 23.6 Å². The number of nitrogens with one attached hydrogen (secondary N) is 3. The molecule has 34 heavy (non-hydrogen) atoms. The van der Waals surface area contributed by atoms with Crippen molar-refractivity contribution in [1.82, 2.24) is 16.0 Å². The number of carboxylic acids is 1. The quantitative estimate of drug-likeness (QED) is 0.160. The zero-order chi connectivity index (χ0) is 25.8. The molecule has 0 aromatic heterocycles. The van der Waals surface area contributed by atoms with Gasteiger partial charge in [-0.05, 0) is 17.9 Å². The van der Waals surface area contributed by atoms with E-state index in [2.05, 4.69) is 28.6 Å². The van der Waals surface area contributed by atoms with Gasteiger partial charge in [0.25, 0.3) is 0 Å². The highest BCUT2D eigenvalue weighted by molar-refractivity contribution is 7.80. The molecule has 0 spiro atoms. The first-order chi connectivity index (χ1) is 16.0. The topological polar surface area (TPSA) is 194 Å². The van der Waals surface area contributed by atoms with Gasteiger partial charge in [0.15, 0.2) is 0 Å². The minimum atomic E-state index is -1.22. The van der Waals surface area contributed by atoms with Crippen molar-refractivity contribution < 1.29 is 29.1 Å². The van der Waals surface area contributed by atoms with Crippen molar-refractivity contribution >= 4 is 42.2 Å². The van der Waals surface area contributed by atoms with E-state index in [4.69, 9.17) is 11.5 Å². The Morgan fingerprint density at radius 3 is 2.03 bits per heavy atom. The average Bonchev–Trinajstić information content (AvgIpc) is 2.78. The number of hydrogen-bond donors (Lipinski definition) is 7. The lowest BCUT2D eigenvalue weighted by molar-refractivity contribution is -0.142. The average molecular weight is 496 g/mol. The molecule has 4 unspecified atom stereocenters. The fourth-order valence-corrected chi connectivity index (χ4v) is 3.18. The number of benzene rings is 1.